The van der Waals surface area contributed by atoms with Crippen LogP contribution in [0, 0.1) is 6.92 Å². The van der Waals surface area contributed by atoms with E-state index in [1.807, 2.05) is 81.4 Å². The Bertz CT molecular complexity index is 1550. The first-order valence-electron chi connectivity index (χ1n) is 12.4. The van der Waals surface area contributed by atoms with E-state index in [-0.39, 0.29) is 5.91 Å². The molecule has 0 saturated carbocycles. The number of carbonyl (C=O) groups excluding carboxylic acids is 1. The van der Waals surface area contributed by atoms with Crippen molar-refractivity contribution < 1.29 is 14.3 Å². The SMILES string of the molecule is CCOc1cc(C2C(C(=O)Nc3cccc(C)c3)=C(C)Nc3ncnn32)cc(Br)c1OCc1ccc(Cl)cc1. The van der Waals surface area contributed by atoms with Crippen LogP contribution in [0.1, 0.15) is 36.6 Å². The third-order valence-corrected chi connectivity index (χ3v) is 7.10. The number of hydrogen-bond donors (Lipinski definition) is 2. The molecule has 1 amide bonds. The summed E-state index contributed by atoms with van der Waals surface area (Å²) in [6.45, 7) is 6.52. The Morgan fingerprint density at radius 1 is 1.13 bits per heavy atom. The fourth-order valence-electron chi connectivity index (χ4n) is 4.50. The minimum Gasteiger partial charge on any atom is -0.490 e. The van der Waals surface area contributed by atoms with Crippen LogP contribution in [0.25, 0.3) is 0 Å². The third kappa shape index (κ3) is 5.79. The van der Waals surface area contributed by atoms with Crippen LogP contribution < -0.4 is 20.1 Å². The number of benzene rings is 3. The van der Waals surface area contributed by atoms with E-state index in [0.29, 0.717) is 57.1 Å². The molecule has 1 aromatic heterocycles. The Kier molecular flexibility index (Phi) is 7.90. The lowest BCUT2D eigenvalue weighted by Crippen LogP contribution is -2.31. The highest BCUT2D eigenvalue weighted by Gasteiger charge is 2.34. The number of aromatic nitrogens is 3. The molecule has 0 fully saturated rings. The van der Waals surface area contributed by atoms with E-state index >= 15 is 0 Å². The lowest BCUT2D eigenvalue weighted by atomic mass is 9.94. The number of allylic oxidation sites excluding steroid dienone is 1. The summed E-state index contributed by atoms with van der Waals surface area (Å²) < 4.78 is 14.6. The molecule has 1 atom stereocenters. The van der Waals surface area contributed by atoms with Crippen LogP contribution in [0.5, 0.6) is 11.5 Å². The van der Waals surface area contributed by atoms with Gasteiger partial charge in [-0.1, -0.05) is 35.9 Å². The van der Waals surface area contributed by atoms with E-state index in [2.05, 4.69) is 36.6 Å². The quantitative estimate of drug-likeness (QED) is 0.226. The molecule has 0 radical (unpaired) electrons. The molecule has 3 aromatic carbocycles. The van der Waals surface area contributed by atoms with Crippen LogP contribution in [0.4, 0.5) is 11.6 Å². The van der Waals surface area contributed by atoms with Gasteiger partial charge in [-0.3, -0.25) is 4.79 Å². The highest BCUT2D eigenvalue weighted by atomic mass is 79.9. The van der Waals surface area contributed by atoms with E-state index in [1.165, 1.54) is 6.33 Å². The number of fused-ring (bicyclic) bond motifs is 1. The molecule has 39 heavy (non-hydrogen) atoms. The summed E-state index contributed by atoms with van der Waals surface area (Å²) in [6.07, 6.45) is 1.46. The second-order valence-electron chi connectivity index (χ2n) is 9.10. The van der Waals surface area contributed by atoms with E-state index in [1.54, 1.807) is 4.68 Å². The molecule has 2 N–H and O–H groups in total. The zero-order valence-electron chi connectivity index (χ0n) is 21.7. The van der Waals surface area contributed by atoms with E-state index in [9.17, 15) is 4.79 Å². The molecule has 10 heteroatoms. The first-order chi connectivity index (χ1) is 18.8. The smallest absolute Gasteiger partial charge is 0.255 e. The molecule has 1 aliphatic rings. The summed E-state index contributed by atoms with van der Waals surface area (Å²) in [5.74, 6) is 1.41. The monoisotopic (exact) mass is 607 g/mol. The third-order valence-electron chi connectivity index (χ3n) is 6.26. The van der Waals surface area contributed by atoms with Gasteiger partial charge in [-0.25, -0.2) is 4.68 Å². The molecule has 1 aliphatic heterocycles. The second-order valence-corrected chi connectivity index (χ2v) is 10.4. The zero-order valence-corrected chi connectivity index (χ0v) is 24.0. The average molecular weight is 609 g/mol. The van der Waals surface area contributed by atoms with Gasteiger partial charge < -0.3 is 20.1 Å². The van der Waals surface area contributed by atoms with Gasteiger partial charge in [0.1, 0.15) is 19.0 Å². The van der Waals surface area contributed by atoms with Crippen molar-refractivity contribution in [3.8, 4) is 11.5 Å². The van der Waals surface area contributed by atoms with Crippen LogP contribution in [0.2, 0.25) is 5.02 Å². The molecule has 0 bridgehead atoms. The number of anilines is 2. The van der Waals surface area contributed by atoms with Gasteiger partial charge in [0.05, 0.1) is 16.7 Å². The highest BCUT2D eigenvalue weighted by molar-refractivity contribution is 9.10. The van der Waals surface area contributed by atoms with Gasteiger partial charge in [-0.05, 0) is 89.8 Å². The summed E-state index contributed by atoms with van der Waals surface area (Å²) in [5, 5.41) is 11.4. The fourth-order valence-corrected chi connectivity index (χ4v) is 5.20. The number of nitrogens with zero attached hydrogens (tertiary/aromatic N) is 3. The summed E-state index contributed by atoms with van der Waals surface area (Å²) in [4.78, 5) is 18.0. The molecular weight excluding hydrogens is 582 g/mol. The normalized spacial score (nSPS) is 14.4. The summed E-state index contributed by atoms with van der Waals surface area (Å²) in [6, 6.07) is 18.4. The van der Waals surface area contributed by atoms with Gasteiger partial charge in [0.2, 0.25) is 5.95 Å². The number of halogens is 2. The van der Waals surface area contributed by atoms with Crippen molar-refractivity contribution in [2.45, 2.75) is 33.4 Å². The highest BCUT2D eigenvalue weighted by Crippen LogP contribution is 2.43. The van der Waals surface area contributed by atoms with Crippen LogP contribution in [0.3, 0.4) is 0 Å². The second kappa shape index (κ2) is 11.5. The number of rotatable bonds is 8. The number of aryl methyl sites for hydroxylation is 1. The number of ether oxygens (including phenoxy) is 2. The van der Waals surface area contributed by atoms with Gasteiger partial charge in [-0.15, -0.1) is 0 Å². The van der Waals surface area contributed by atoms with Crippen molar-refractivity contribution in [3.05, 3.63) is 104 Å². The minimum atomic E-state index is -0.561. The Morgan fingerprint density at radius 2 is 1.92 bits per heavy atom. The van der Waals surface area contributed by atoms with Gasteiger partial charge in [-0.2, -0.15) is 10.1 Å². The standard InChI is InChI=1S/C29H27BrClN5O3/c1-4-38-24-14-20(13-23(30)27(24)39-15-19-8-10-21(31)11-9-19)26-25(18(3)34-29-32-16-33-36(26)29)28(37)35-22-7-5-6-17(2)12-22/h5-14,16,26H,4,15H2,1-3H3,(H,35,37)(H,32,33,34). The Morgan fingerprint density at radius 3 is 2.67 bits per heavy atom. The number of hydrogen-bond acceptors (Lipinski definition) is 6. The molecule has 0 saturated heterocycles. The van der Waals surface area contributed by atoms with Crippen molar-refractivity contribution in [3.63, 3.8) is 0 Å². The maximum absolute atomic E-state index is 13.7. The van der Waals surface area contributed by atoms with Crippen molar-refractivity contribution in [2.24, 2.45) is 0 Å². The van der Waals surface area contributed by atoms with E-state index in [4.69, 9.17) is 21.1 Å². The lowest BCUT2D eigenvalue weighted by molar-refractivity contribution is -0.113. The molecule has 8 nitrogen and oxygen atoms in total. The van der Waals surface area contributed by atoms with Gasteiger partial charge >= 0.3 is 0 Å². The van der Waals surface area contributed by atoms with Crippen molar-refractivity contribution in [1.82, 2.24) is 14.8 Å². The lowest BCUT2D eigenvalue weighted by Gasteiger charge is -2.29. The van der Waals surface area contributed by atoms with E-state index in [0.717, 1.165) is 16.7 Å². The molecule has 2 heterocycles. The van der Waals surface area contributed by atoms with Crippen LogP contribution in [-0.4, -0.2) is 27.3 Å². The van der Waals surface area contributed by atoms with Crippen LogP contribution in [0.15, 0.2) is 82.7 Å². The molecule has 200 valence electrons. The van der Waals surface area contributed by atoms with Crippen molar-refractivity contribution in [2.75, 3.05) is 17.2 Å². The molecule has 5 rings (SSSR count). The minimum absolute atomic E-state index is 0.242. The fraction of sp³-hybridized carbons (Fsp3) is 0.207. The topological polar surface area (TPSA) is 90.3 Å². The number of amides is 1. The van der Waals surface area contributed by atoms with Crippen molar-refractivity contribution >= 4 is 45.1 Å². The first-order valence-corrected chi connectivity index (χ1v) is 13.6. The first kappa shape index (κ1) is 26.8. The van der Waals surface area contributed by atoms with E-state index < -0.39 is 6.04 Å². The van der Waals surface area contributed by atoms with Gasteiger partial charge in [0, 0.05) is 16.4 Å². The summed E-state index contributed by atoms with van der Waals surface area (Å²) in [7, 11) is 0. The molecule has 0 spiro atoms. The maximum Gasteiger partial charge on any atom is 0.255 e. The zero-order chi connectivity index (χ0) is 27.5. The molecule has 4 aromatic rings. The Balaban J connectivity index is 1.52. The van der Waals surface area contributed by atoms with Gasteiger partial charge in [0.25, 0.3) is 5.91 Å². The summed E-state index contributed by atoms with van der Waals surface area (Å²) >= 11 is 9.70. The Hall–Kier alpha value is -3.82. The maximum atomic E-state index is 13.7. The largest absolute Gasteiger partial charge is 0.490 e. The molecule has 1 unspecified atom stereocenters. The summed E-state index contributed by atoms with van der Waals surface area (Å²) in [5.41, 5.74) is 4.71. The number of carbonyl (C=O) groups is 1. The predicted octanol–water partition coefficient (Wildman–Crippen LogP) is 6.91. The van der Waals surface area contributed by atoms with Gasteiger partial charge in [0.15, 0.2) is 11.5 Å². The number of nitrogens with one attached hydrogen (secondary N) is 2. The molecule has 0 aliphatic carbocycles. The molecular formula is C29H27BrClN5O3. The Labute approximate surface area is 240 Å². The van der Waals surface area contributed by atoms with Crippen LogP contribution in [-0.2, 0) is 11.4 Å². The van der Waals surface area contributed by atoms with Crippen LogP contribution >= 0.6 is 27.5 Å². The van der Waals surface area contributed by atoms with Crippen molar-refractivity contribution in [1.29, 1.82) is 0 Å². The average Bonchev–Trinajstić information content (AvgIpc) is 3.36. The predicted molar refractivity (Wildman–Crippen MR) is 155 cm³/mol.